The Bertz CT molecular complexity index is 346. The first-order chi connectivity index (χ1) is 7.26. The van der Waals surface area contributed by atoms with Crippen LogP contribution in [0.3, 0.4) is 0 Å². The van der Waals surface area contributed by atoms with E-state index in [1.807, 2.05) is 0 Å². The molecule has 82 valence electrons. The second kappa shape index (κ2) is 4.23. The van der Waals surface area contributed by atoms with Crippen LogP contribution in [0.5, 0.6) is 0 Å². The smallest absolute Gasteiger partial charge is 0.0402 e. The summed E-state index contributed by atoms with van der Waals surface area (Å²) < 4.78 is 0. The molecule has 1 aromatic carbocycles. The highest BCUT2D eigenvalue weighted by molar-refractivity contribution is 5.60. The van der Waals surface area contributed by atoms with Crippen LogP contribution in [0.4, 0.5) is 5.69 Å². The number of fused-ring (bicyclic) bond motifs is 1. The highest BCUT2D eigenvalue weighted by Crippen LogP contribution is 2.33. The van der Waals surface area contributed by atoms with Crippen LogP contribution in [-0.4, -0.2) is 19.1 Å². The molecule has 0 saturated carbocycles. The Kier molecular flexibility index (Phi) is 2.96. The molecule has 1 aliphatic rings. The highest BCUT2D eigenvalue weighted by Gasteiger charge is 2.26. The molecule has 1 aliphatic heterocycles. The maximum absolute atomic E-state index is 5.66. The van der Waals surface area contributed by atoms with E-state index in [0.29, 0.717) is 6.04 Å². The summed E-state index contributed by atoms with van der Waals surface area (Å²) in [5, 5.41) is 0. The van der Waals surface area contributed by atoms with Crippen LogP contribution >= 0.6 is 0 Å². The lowest BCUT2D eigenvalue weighted by atomic mass is 10.1. The van der Waals surface area contributed by atoms with Gasteiger partial charge < -0.3 is 10.6 Å². The Morgan fingerprint density at radius 2 is 2.27 bits per heavy atom. The first kappa shape index (κ1) is 10.5. The third-order valence-electron chi connectivity index (χ3n) is 3.28. The van der Waals surface area contributed by atoms with Crippen molar-refractivity contribution in [3.8, 4) is 0 Å². The molecule has 0 saturated heterocycles. The van der Waals surface area contributed by atoms with Gasteiger partial charge in [0.15, 0.2) is 0 Å². The number of aryl methyl sites for hydroxylation is 1. The summed E-state index contributed by atoms with van der Waals surface area (Å²) in [5.74, 6) is 0. The third-order valence-corrected chi connectivity index (χ3v) is 3.28. The molecular formula is C13H20N2. The molecule has 0 amide bonds. The van der Waals surface area contributed by atoms with E-state index in [0.717, 1.165) is 19.5 Å². The van der Waals surface area contributed by atoms with Crippen molar-refractivity contribution in [2.24, 2.45) is 5.73 Å². The molecule has 15 heavy (non-hydrogen) atoms. The molecule has 1 aromatic rings. The lowest BCUT2D eigenvalue weighted by Crippen LogP contribution is -2.33. The lowest BCUT2D eigenvalue weighted by Gasteiger charge is -2.25. The molecule has 2 rings (SSSR count). The third kappa shape index (κ3) is 1.86. The van der Waals surface area contributed by atoms with E-state index < -0.39 is 0 Å². The van der Waals surface area contributed by atoms with E-state index >= 15 is 0 Å². The van der Waals surface area contributed by atoms with Crippen molar-refractivity contribution in [2.45, 2.75) is 32.7 Å². The standard InChI is InChI=1S/C13H20N2/c1-3-15-12(6-7-14)9-11-8-10(2)4-5-13(11)15/h4-5,8,12H,3,6-7,9,14H2,1-2H3. The monoisotopic (exact) mass is 204 g/mol. The number of nitrogens with two attached hydrogens (primary N) is 1. The molecule has 0 aromatic heterocycles. The minimum absolute atomic E-state index is 0.622. The predicted octanol–water partition coefficient (Wildman–Crippen LogP) is 2.09. The topological polar surface area (TPSA) is 29.3 Å². The van der Waals surface area contributed by atoms with Crippen molar-refractivity contribution in [1.29, 1.82) is 0 Å². The molecule has 1 unspecified atom stereocenters. The molecule has 1 heterocycles. The zero-order chi connectivity index (χ0) is 10.8. The largest absolute Gasteiger partial charge is 0.368 e. The van der Waals surface area contributed by atoms with E-state index in [-0.39, 0.29) is 0 Å². The fourth-order valence-electron chi connectivity index (χ4n) is 2.60. The van der Waals surface area contributed by atoms with Gasteiger partial charge in [0.05, 0.1) is 0 Å². The van der Waals surface area contributed by atoms with Crippen molar-refractivity contribution in [1.82, 2.24) is 0 Å². The molecule has 2 nitrogen and oxygen atoms in total. The number of anilines is 1. The SMILES string of the molecule is CCN1c2ccc(C)cc2CC1CCN. The van der Waals surface area contributed by atoms with Crippen molar-refractivity contribution < 1.29 is 0 Å². The van der Waals surface area contributed by atoms with Gasteiger partial charge >= 0.3 is 0 Å². The van der Waals surface area contributed by atoms with Crippen molar-refractivity contribution in [3.05, 3.63) is 29.3 Å². The average Bonchev–Trinajstić information content (AvgIpc) is 2.54. The maximum atomic E-state index is 5.66. The summed E-state index contributed by atoms with van der Waals surface area (Å²) in [6.45, 7) is 6.25. The van der Waals surface area contributed by atoms with E-state index in [2.05, 4.69) is 36.9 Å². The van der Waals surface area contributed by atoms with Crippen molar-refractivity contribution in [3.63, 3.8) is 0 Å². The van der Waals surface area contributed by atoms with Crippen LogP contribution in [0, 0.1) is 6.92 Å². The summed E-state index contributed by atoms with van der Waals surface area (Å²) in [5.41, 5.74) is 9.94. The van der Waals surface area contributed by atoms with Crippen LogP contribution in [0.15, 0.2) is 18.2 Å². The van der Waals surface area contributed by atoms with Gasteiger partial charge in [0, 0.05) is 18.3 Å². The number of hydrogen-bond acceptors (Lipinski definition) is 2. The van der Waals surface area contributed by atoms with Crippen molar-refractivity contribution >= 4 is 5.69 Å². The second-order valence-corrected chi connectivity index (χ2v) is 4.35. The van der Waals surface area contributed by atoms with Crippen molar-refractivity contribution in [2.75, 3.05) is 18.0 Å². The number of benzene rings is 1. The Morgan fingerprint density at radius 3 is 2.93 bits per heavy atom. The fourth-order valence-corrected chi connectivity index (χ4v) is 2.60. The summed E-state index contributed by atoms with van der Waals surface area (Å²) in [6, 6.07) is 7.39. The predicted molar refractivity (Wildman–Crippen MR) is 65.4 cm³/mol. The van der Waals surface area contributed by atoms with Gasteiger partial charge in [-0.2, -0.15) is 0 Å². The zero-order valence-electron chi connectivity index (χ0n) is 9.66. The maximum Gasteiger partial charge on any atom is 0.0402 e. The first-order valence-corrected chi connectivity index (χ1v) is 5.82. The zero-order valence-corrected chi connectivity index (χ0v) is 9.66. The molecule has 1 atom stereocenters. The van der Waals surface area contributed by atoms with Gasteiger partial charge in [0.25, 0.3) is 0 Å². The second-order valence-electron chi connectivity index (χ2n) is 4.35. The number of hydrogen-bond donors (Lipinski definition) is 1. The molecule has 0 radical (unpaired) electrons. The normalized spacial score (nSPS) is 19.4. The van der Waals surface area contributed by atoms with E-state index in [4.69, 9.17) is 5.73 Å². The lowest BCUT2D eigenvalue weighted by molar-refractivity contribution is 0.593. The molecule has 0 spiro atoms. The highest BCUT2D eigenvalue weighted by atomic mass is 15.2. The number of nitrogens with zero attached hydrogens (tertiary/aromatic N) is 1. The molecule has 0 bridgehead atoms. The molecule has 0 fully saturated rings. The minimum Gasteiger partial charge on any atom is -0.368 e. The van der Waals surface area contributed by atoms with Gasteiger partial charge in [-0.05, 0) is 44.9 Å². The first-order valence-electron chi connectivity index (χ1n) is 5.82. The summed E-state index contributed by atoms with van der Waals surface area (Å²) in [7, 11) is 0. The number of likely N-dealkylation sites (N-methyl/N-ethyl adjacent to an activating group) is 1. The van der Waals surface area contributed by atoms with E-state index in [1.165, 1.54) is 23.2 Å². The summed E-state index contributed by atoms with van der Waals surface area (Å²) in [6.07, 6.45) is 2.27. The Labute approximate surface area is 92.1 Å². The Morgan fingerprint density at radius 1 is 1.47 bits per heavy atom. The summed E-state index contributed by atoms with van der Waals surface area (Å²) in [4.78, 5) is 2.49. The van der Waals surface area contributed by atoms with Crippen LogP contribution in [0.25, 0.3) is 0 Å². The average molecular weight is 204 g/mol. The molecule has 2 N–H and O–H groups in total. The van der Waals surface area contributed by atoms with E-state index in [9.17, 15) is 0 Å². The molecule has 2 heteroatoms. The van der Waals surface area contributed by atoms with Crippen LogP contribution in [0.2, 0.25) is 0 Å². The van der Waals surface area contributed by atoms with Gasteiger partial charge in [-0.1, -0.05) is 17.7 Å². The quantitative estimate of drug-likeness (QED) is 0.817. The summed E-state index contributed by atoms with van der Waals surface area (Å²) >= 11 is 0. The van der Waals surface area contributed by atoms with Crippen LogP contribution in [0.1, 0.15) is 24.5 Å². The molecular weight excluding hydrogens is 184 g/mol. The van der Waals surface area contributed by atoms with Gasteiger partial charge in [-0.15, -0.1) is 0 Å². The van der Waals surface area contributed by atoms with Gasteiger partial charge in [0.2, 0.25) is 0 Å². The fraction of sp³-hybridized carbons (Fsp3) is 0.538. The van der Waals surface area contributed by atoms with E-state index in [1.54, 1.807) is 0 Å². The Balaban J connectivity index is 2.28. The Hall–Kier alpha value is -1.02. The van der Waals surface area contributed by atoms with Crippen LogP contribution < -0.4 is 10.6 Å². The molecule has 0 aliphatic carbocycles. The van der Waals surface area contributed by atoms with Gasteiger partial charge in [0.1, 0.15) is 0 Å². The van der Waals surface area contributed by atoms with Gasteiger partial charge in [-0.25, -0.2) is 0 Å². The number of rotatable bonds is 3. The van der Waals surface area contributed by atoms with Gasteiger partial charge in [-0.3, -0.25) is 0 Å². The van der Waals surface area contributed by atoms with Crippen LogP contribution in [-0.2, 0) is 6.42 Å². The minimum atomic E-state index is 0.622.